The molecule has 0 radical (unpaired) electrons. The Morgan fingerprint density at radius 1 is 1.03 bits per heavy atom. The molecule has 0 saturated carbocycles. The summed E-state index contributed by atoms with van der Waals surface area (Å²) in [6.45, 7) is 1.13. The smallest absolute Gasteiger partial charge is 0.405 e. The topological polar surface area (TPSA) is 74.4 Å². The van der Waals surface area contributed by atoms with E-state index in [0.29, 0.717) is 11.1 Å². The van der Waals surface area contributed by atoms with Gasteiger partial charge < -0.3 is 20.1 Å². The minimum Gasteiger partial charge on any atom is -0.405 e. The molecule has 1 aromatic heterocycles. The molecule has 1 atom stereocenters. The molecule has 4 rings (SSSR count). The molecule has 5 nitrogen and oxygen atoms in total. The van der Waals surface area contributed by atoms with Gasteiger partial charge in [0.25, 0.3) is 5.91 Å². The minimum absolute atomic E-state index is 0.215. The van der Waals surface area contributed by atoms with Crippen LogP contribution in [0.3, 0.4) is 0 Å². The number of halogens is 4. The summed E-state index contributed by atoms with van der Waals surface area (Å²) in [5.74, 6) is -2.02. The first-order valence-electron chi connectivity index (χ1n) is 10.7. The fourth-order valence-corrected chi connectivity index (χ4v) is 3.92. The lowest BCUT2D eigenvalue weighted by Crippen LogP contribution is -2.50. The van der Waals surface area contributed by atoms with E-state index in [1.165, 1.54) is 36.4 Å². The van der Waals surface area contributed by atoms with Crippen LogP contribution in [0.25, 0.3) is 22.0 Å². The Bertz CT molecular complexity index is 1350. The summed E-state index contributed by atoms with van der Waals surface area (Å²) in [6.07, 6.45) is -3.04. The van der Waals surface area contributed by atoms with Crippen molar-refractivity contribution in [3.05, 3.63) is 89.9 Å². The minimum atomic E-state index is -5.02. The van der Waals surface area contributed by atoms with E-state index in [2.05, 4.69) is 15.0 Å². The predicted molar refractivity (Wildman–Crippen MR) is 123 cm³/mol. The summed E-state index contributed by atoms with van der Waals surface area (Å²) in [6, 6.07) is 16.4. The lowest BCUT2D eigenvalue weighted by Gasteiger charge is -2.29. The summed E-state index contributed by atoms with van der Waals surface area (Å²) >= 11 is 0. The Hall–Kier alpha value is -3.85. The van der Waals surface area contributed by atoms with E-state index in [4.69, 9.17) is 0 Å². The van der Waals surface area contributed by atoms with Gasteiger partial charge in [0.2, 0.25) is 0 Å². The van der Waals surface area contributed by atoms with Crippen LogP contribution in [0.5, 0.6) is 5.75 Å². The molecule has 1 unspecified atom stereocenters. The van der Waals surface area contributed by atoms with Gasteiger partial charge in [0, 0.05) is 17.1 Å². The van der Waals surface area contributed by atoms with Gasteiger partial charge in [-0.15, -0.1) is 13.2 Å². The molecular weight excluding hydrogens is 464 g/mol. The standard InChI is InChI=1S/C26H22F4N2O3/c1-25(15-33,13-18-14-31-22-5-3-2-4-20(18)22)32-24(34)21-12-17(16-6-9-19(27)10-7-16)8-11-23(21)35-26(28,29)30/h2-12,14,31,33H,13,15H2,1H3,(H,32,34). The lowest BCUT2D eigenvalue weighted by molar-refractivity contribution is -0.274. The number of aromatic nitrogens is 1. The molecule has 4 aromatic rings. The Balaban J connectivity index is 1.67. The van der Waals surface area contributed by atoms with Gasteiger partial charge in [0.05, 0.1) is 17.7 Å². The third kappa shape index (κ3) is 5.63. The number of fused-ring (bicyclic) bond motifs is 1. The highest BCUT2D eigenvalue weighted by Crippen LogP contribution is 2.32. The number of benzene rings is 3. The van der Waals surface area contributed by atoms with Crippen LogP contribution in [0.1, 0.15) is 22.8 Å². The fraction of sp³-hybridized carbons (Fsp3) is 0.192. The van der Waals surface area contributed by atoms with Crippen molar-refractivity contribution in [3.8, 4) is 16.9 Å². The second-order valence-corrected chi connectivity index (χ2v) is 8.47. The van der Waals surface area contributed by atoms with Crippen LogP contribution < -0.4 is 10.1 Å². The average Bonchev–Trinajstić information content (AvgIpc) is 3.21. The number of H-pyrrole nitrogens is 1. The van der Waals surface area contributed by atoms with Gasteiger partial charge in [-0.3, -0.25) is 4.79 Å². The maximum Gasteiger partial charge on any atom is 0.573 e. The summed E-state index contributed by atoms with van der Waals surface area (Å²) in [4.78, 5) is 16.3. The third-order valence-corrected chi connectivity index (χ3v) is 5.65. The van der Waals surface area contributed by atoms with E-state index in [1.807, 2.05) is 24.3 Å². The van der Waals surface area contributed by atoms with E-state index in [1.54, 1.807) is 13.1 Å². The number of carbonyl (C=O) groups excluding carboxylic acids is 1. The van der Waals surface area contributed by atoms with E-state index in [-0.39, 0.29) is 12.0 Å². The number of carbonyl (C=O) groups is 1. The zero-order valence-electron chi connectivity index (χ0n) is 18.6. The van der Waals surface area contributed by atoms with Crippen molar-refractivity contribution in [2.24, 2.45) is 0 Å². The van der Waals surface area contributed by atoms with Gasteiger partial charge >= 0.3 is 6.36 Å². The number of aromatic amines is 1. The summed E-state index contributed by atoms with van der Waals surface area (Å²) in [5.41, 5.74) is 1.03. The van der Waals surface area contributed by atoms with Crippen LogP contribution in [0.2, 0.25) is 0 Å². The van der Waals surface area contributed by atoms with Gasteiger partial charge in [-0.05, 0) is 60.4 Å². The zero-order chi connectivity index (χ0) is 25.2. The normalized spacial score (nSPS) is 13.4. The molecule has 3 N–H and O–H groups in total. The summed E-state index contributed by atoms with van der Waals surface area (Å²) < 4.78 is 56.4. The molecule has 3 aromatic carbocycles. The van der Waals surface area contributed by atoms with Crippen molar-refractivity contribution in [2.45, 2.75) is 25.2 Å². The Labute approximate surface area is 198 Å². The lowest BCUT2D eigenvalue weighted by atomic mass is 9.92. The number of aliphatic hydroxyl groups is 1. The number of aliphatic hydroxyl groups excluding tert-OH is 1. The van der Waals surface area contributed by atoms with Crippen LogP contribution in [-0.4, -0.2) is 34.5 Å². The molecule has 1 heterocycles. The average molecular weight is 486 g/mol. The van der Waals surface area contributed by atoms with Crippen LogP contribution in [0, 0.1) is 5.82 Å². The van der Waals surface area contributed by atoms with Gasteiger partial charge in [-0.2, -0.15) is 0 Å². The summed E-state index contributed by atoms with van der Waals surface area (Å²) in [7, 11) is 0. The molecule has 35 heavy (non-hydrogen) atoms. The number of ether oxygens (including phenoxy) is 1. The number of nitrogens with one attached hydrogen (secondary N) is 2. The monoisotopic (exact) mass is 486 g/mol. The molecule has 0 saturated heterocycles. The molecule has 0 aliphatic carbocycles. The van der Waals surface area contributed by atoms with E-state index in [0.717, 1.165) is 22.5 Å². The fourth-order valence-electron chi connectivity index (χ4n) is 3.92. The molecular formula is C26H22F4N2O3. The van der Waals surface area contributed by atoms with E-state index < -0.39 is 36.0 Å². The van der Waals surface area contributed by atoms with Gasteiger partial charge in [0.1, 0.15) is 11.6 Å². The van der Waals surface area contributed by atoms with Crippen molar-refractivity contribution in [2.75, 3.05) is 6.61 Å². The summed E-state index contributed by atoms with van der Waals surface area (Å²) in [5, 5.41) is 13.7. The van der Waals surface area contributed by atoms with E-state index in [9.17, 15) is 27.5 Å². The second-order valence-electron chi connectivity index (χ2n) is 8.47. The van der Waals surface area contributed by atoms with Crippen molar-refractivity contribution in [1.29, 1.82) is 0 Å². The number of alkyl halides is 3. The third-order valence-electron chi connectivity index (χ3n) is 5.65. The molecule has 1 amide bonds. The van der Waals surface area contributed by atoms with Crippen LogP contribution in [0.15, 0.2) is 72.9 Å². The molecule has 0 bridgehead atoms. The molecule has 0 fully saturated rings. The van der Waals surface area contributed by atoms with E-state index >= 15 is 0 Å². The Kier molecular flexibility index (Phi) is 6.53. The van der Waals surface area contributed by atoms with Crippen molar-refractivity contribution in [3.63, 3.8) is 0 Å². The van der Waals surface area contributed by atoms with Gasteiger partial charge in [-0.25, -0.2) is 4.39 Å². The largest absolute Gasteiger partial charge is 0.573 e. The quantitative estimate of drug-likeness (QED) is 0.298. The first-order valence-corrected chi connectivity index (χ1v) is 10.7. The molecule has 0 aliphatic rings. The van der Waals surface area contributed by atoms with Gasteiger partial charge in [0.15, 0.2) is 0 Å². The van der Waals surface area contributed by atoms with Crippen LogP contribution >= 0.6 is 0 Å². The Morgan fingerprint density at radius 3 is 2.40 bits per heavy atom. The molecule has 9 heteroatoms. The van der Waals surface area contributed by atoms with Crippen LogP contribution in [-0.2, 0) is 6.42 Å². The number of amides is 1. The number of rotatable bonds is 7. The Morgan fingerprint density at radius 2 is 1.71 bits per heavy atom. The van der Waals surface area contributed by atoms with Crippen molar-refractivity contribution < 1.29 is 32.2 Å². The number of para-hydroxylation sites is 1. The SMILES string of the molecule is CC(CO)(Cc1c[nH]c2ccccc12)NC(=O)c1cc(-c2ccc(F)cc2)ccc1OC(F)(F)F. The first-order chi connectivity index (χ1) is 16.6. The van der Waals surface area contributed by atoms with Crippen LogP contribution in [0.4, 0.5) is 17.6 Å². The number of hydrogen-bond donors (Lipinski definition) is 3. The predicted octanol–water partition coefficient (Wildman–Crippen LogP) is 5.60. The maximum atomic E-state index is 13.3. The molecule has 0 aliphatic heterocycles. The second kappa shape index (κ2) is 9.42. The highest BCUT2D eigenvalue weighted by atomic mass is 19.4. The van der Waals surface area contributed by atoms with Gasteiger partial charge in [-0.1, -0.05) is 36.4 Å². The molecule has 182 valence electrons. The molecule has 0 spiro atoms. The zero-order valence-corrected chi connectivity index (χ0v) is 18.6. The highest BCUT2D eigenvalue weighted by molar-refractivity contribution is 5.98. The van der Waals surface area contributed by atoms with Crippen molar-refractivity contribution >= 4 is 16.8 Å². The number of hydrogen-bond acceptors (Lipinski definition) is 3. The maximum absolute atomic E-state index is 13.3. The van der Waals surface area contributed by atoms with Crippen molar-refractivity contribution in [1.82, 2.24) is 10.3 Å². The highest BCUT2D eigenvalue weighted by Gasteiger charge is 2.34. The first kappa shape index (κ1) is 24.3.